The number of nitrogens with one attached hydrogen (secondary N) is 1. The number of nitrogens with zero attached hydrogens (tertiary/aromatic N) is 2. The Morgan fingerprint density at radius 2 is 0.960 bits per heavy atom. The predicted octanol–water partition coefficient (Wildman–Crippen LogP) is 7.80. The summed E-state index contributed by atoms with van der Waals surface area (Å²) in [5.41, 5.74) is 0. The van der Waals surface area contributed by atoms with Gasteiger partial charge in [-0.15, -0.1) is 24.0 Å². The van der Waals surface area contributed by atoms with E-state index in [9.17, 15) is 9.59 Å². The van der Waals surface area contributed by atoms with E-state index in [1.807, 2.05) is 50.3 Å². The minimum absolute atomic E-state index is 0. The van der Waals surface area contributed by atoms with Gasteiger partial charge in [-0.3, -0.25) is 19.3 Å². The Balaban J connectivity index is -0.0000000407. The minimum atomic E-state index is -1.17. The van der Waals surface area contributed by atoms with Crippen molar-refractivity contribution in [2.45, 2.75) is 87.2 Å². The quantitative estimate of drug-likeness (QED) is 0.0658. The van der Waals surface area contributed by atoms with Crippen molar-refractivity contribution < 1.29 is 80.9 Å². The van der Waals surface area contributed by atoms with E-state index in [0.29, 0.717) is 19.3 Å². The standard InChI is InChI=1S/2C8H17NO2.C6H15NO.C2H4O2.CH5BO2.CHI3.CH2I2.CH2I.HI.2V/c2*1-5-9(8(3)10)7(2)6-11-4;1-4-7-6(2)5-8-3;2*1-2(3)4;2-1(3)4;2-1-3;1-2;;;/h2*7H,5-6H2,1-4H3;6-7H,4-5H2,1-3H3;1H3,(H,3,4);3-4H,1H3;1H;1H2;1H2;1H;;/q;;;;;;;-1;;;/t2*7-;6-;;;;;;;;/m000......../s1. The third-order valence-electron chi connectivity index (χ3n) is 4.34. The van der Waals surface area contributed by atoms with Crippen LogP contribution in [0, 0.1) is 4.93 Å². The molecule has 50 heavy (non-hydrogen) atoms. The Hall–Kier alpha value is 4.51. The van der Waals surface area contributed by atoms with Crippen molar-refractivity contribution in [1.82, 2.24) is 15.1 Å². The van der Waals surface area contributed by atoms with Gasteiger partial charge in [0.05, 0.1) is 34.3 Å². The molecule has 0 saturated carbocycles. The molecule has 12 nitrogen and oxygen atoms in total. The van der Waals surface area contributed by atoms with E-state index in [0.717, 1.165) is 33.1 Å². The van der Waals surface area contributed by atoms with Crippen LogP contribution < -0.4 is 5.32 Å². The predicted molar refractivity (Wildman–Crippen MR) is 267 cm³/mol. The molecule has 0 heterocycles. The topological polar surface area (TPSA) is 158 Å². The number of carboxylic acid groups (broad SMARTS) is 1. The fraction of sp³-hybridized carbons (Fsp3) is 0.857. The Labute approximate surface area is 429 Å². The number of rotatable bonds is 12. The third kappa shape index (κ3) is 105. The fourth-order valence-corrected chi connectivity index (χ4v) is 3.01. The Morgan fingerprint density at radius 3 is 1.08 bits per heavy atom. The van der Waals surface area contributed by atoms with Crippen LogP contribution in [0.1, 0.15) is 62.3 Å². The first-order valence-corrected chi connectivity index (χ1v) is 22.6. The maximum Gasteiger partial charge on any atom is 0.448 e. The molecule has 0 bridgehead atoms. The van der Waals surface area contributed by atoms with Gasteiger partial charge in [0.15, 0.2) is 0 Å². The van der Waals surface area contributed by atoms with Crippen LogP contribution in [0.5, 0.6) is 0 Å². The molecule has 0 rings (SSSR count). The van der Waals surface area contributed by atoms with Crippen molar-refractivity contribution in [1.29, 1.82) is 0 Å². The second-order valence-electron chi connectivity index (χ2n) is 8.63. The zero-order valence-corrected chi connectivity index (χ0v) is 49.9. The van der Waals surface area contributed by atoms with Crippen LogP contribution in [0.4, 0.5) is 0 Å². The van der Waals surface area contributed by atoms with Crippen molar-refractivity contribution in [3.8, 4) is 0 Å². The van der Waals surface area contributed by atoms with Crippen molar-refractivity contribution >= 4 is 184 Å². The number of amides is 2. The Kier molecular flexibility index (Phi) is 117. The summed E-state index contributed by atoms with van der Waals surface area (Å²) in [6.07, 6.45) is 0. The minimum Gasteiger partial charge on any atom is -0.481 e. The summed E-state index contributed by atoms with van der Waals surface area (Å²) >= 11 is 13.4. The van der Waals surface area contributed by atoms with Gasteiger partial charge in [0.25, 0.3) is 5.97 Å². The number of ether oxygens (including phenoxy) is 3. The third-order valence-corrected chi connectivity index (χ3v) is 4.34. The number of carboxylic acids is 1. The first-order chi connectivity index (χ1) is 21.7. The molecule has 0 aliphatic rings. The molecule has 2 amide bonds. The van der Waals surface area contributed by atoms with Crippen molar-refractivity contribution in [2.24, 2.45) is 0 Å². The van der Waals surface area contributed by atoms with E-state index in [1.54, 1.807) is 45.0 Å². The number of likely N-dealkylation sites (N-methyl/N-ethyl adjacent to an activating group) is 3. The van der Waals surface area contributed by atoms with Crippen LogP contribution in [-0.2, 0) is 65.7 Å². The van der Waals surface area contributed by atoms with E-state index in [4.69, 9.17) is 34.2 Å². The maximum absolute atomic E-state index is 11.0. The van der Waals surface area contributed by atoms with Crippen LogP contribution in [-0.4, -0.2) is 131 Å². The number of hydrogen-bond donors (Lipinski definition) is 4. The number of carbonyl (C=O) groups is 3. The number of alkyl halides is 5. The molecule has 0 aromatic rings. The second kappa shape index (κ2) is 71.2. The molecule has 3 atom stereocenters. The molecule has 2 radical (unpaired) electrons. The van der Waals surface area contributed by atoms with E-state index >= 15 is 0 Å². The average molecular weight is 1590 g/mol. The fourth-order valence-electron chi connectivity index (χ4n) is 3.01. The van der Waals surface area contributed by atoms with Crippen LogP contribution in [0.25, 0.3) is 0 Å². The van der Waals surface area contributed by atoms with Gasteiger partial charge in [-0.25, -0.2) is 0 Å². The molecule has 0 aliphatic carbocycles. The number of hydrogen-bond acceptors (Lipinski definition) is 9. The monoisotopic (exact) mass is 1590 g/mol. The summed E-state index contributed by atoms with van der Waals surface area (Å²) in [7, 11) is 3.84. The number of carbonyl (C=O) groups excluding carboxylic acids is 2. The van der Waals surface area contributed by atoms with E-state index in [-0.39, 0.29) is 85.0 Å². The summed E-state index contributed by atoms with van der Waals surface area (Å²) in [6, 6.07) is 0.856. The zero-order valence-electron chi connectivity index (χ0n) is 31.8. The molecule has 22 heteroatoms. The first kappa shape index (κ1) is 82.4. The number of halogens is 7. The van der Waals surface area contributed by atoms with Crippen LogP contribution in [0.2, 0.25) is 6.82 Å². The van der Waals surface area contributed by atoms with Crippen LogP contribution in [0.15, 0.2) is 0 Å². The Morgan fingerprint density at radius 1 is 0.760 bits per heavy atom. The Bertz CT molecular complexity index is 590. The molecule has 4 N–H and O–H groups in total. The molecule has 0 fully saturated rings. The van der Waals surface area contributed by atoms with Gasteiger partial charge >= 0.3 is 7.12 Å². The molecule has 0 aliphatic heterocycles. The summed E-state index contributed by atoms with van der Waals surface area (Å²) in [4.78, 5) is 37.7. The van der Waals surface area contributed by atoms with Gasteiger partial charge in [-0.1, -0.05) is 120 Å². The van der Waals surface area contributed by atoms with Gasteiger partial charge in [-0.2, -0.15) is 0 Å². The van der Waals surface area contributed by atoms with Gasteiger partial charge < -0.3 is 67.1 Å². The molecule has 0 saturated heterocycles. The molecule has 0 unspecified atom stereocenters. The molecular weight excluding hydrogens is 1520 g/mol. The van der Waals surface area contributed by atoms with Crippen LogP contribution in [0.3, 0.4) is 0 Å². The van der Waals surface area contributed by atoms with Gasteiger partial charge in [0, 0.05) is 98.3 Å². The number of aliphatic carboxylic acids is 1. The SMILES string of the molecule is CB(O)O.CC(=O)O.CCN(C(C)=O)[C@@H](C)COC.CCN(C(C)=O)[C@@H](C)COC.CCN[C@@H](C)COC.I.IC(I)I.ICI.[CH2-]I.[V].[V]. The summed E-state index contributed by atoms with van der Waals surface area (Å²) in [5, 5.41) is 25.9. The zero-order chi connectivity index (χ0) is 39.6. The molecular formula is C28H64BI7N3O9V2-. The summed E-state index contributed by atoms with van der Waals surface area (Å²) < 4.78 is 16.7. The van der Waals surface area contributed by atoms with Gasteiger partial charge in [0.2, 0.25) is 11.8 Å². The summed E-state index contributed by atoms with van der Waals surface area (Å²) in [6.45, 7) is 22.1. The first-order valence-electron chi connectivity index (χ1n) is 14.3. The molecule has 0 spiro atoms. The largest absolute Gasteiger partial charge is 0.481 e. The van der Waals surface area contributed by atoms with Crippen LogP contribution >= 0.6 is 160 Å². The smallest absolute Gasteiger partial charge is 0.448 e. The molecule has 0 aromatic carbocycles. The van der Waals surface area contributed by atoms with E-state index in [2.05, 4.69) is 137 Å². The second-order valence-corrected chi connectivity index (χ2v) is 24.0. The molecule has 0 aromatic heterocycles. The van der Waals surface area contributed by atoms with Gasteiger partial charge in [0.1, 0.15) is -0.0619 Å². The normalized spacial score (nSPS) is 10.1. The summed E-state index contributed by atoms with van der Waals surface area (Å²) in [5.74, 6) is -0.617. The van der Waals surface area contributed by atoms with Crippen molar-refractivity contribution in [3.63, 3.8) is 0 Å². The average Bonchev–Trinajstić information content (AvgIpc) is 2.91. The van der Waals surface area contributed by atoms with E-state index < -0.39 is 13.1 Å². The van der Waals surface area contributed by atoms with Crippen molar-refractivity contribution in [3.05, 3.63) is 4.93 Å². The van der Waals surface area contributed by atoms with E-state index in [1.165, 1.54) is 9.26 Å². The maximum atomic E-state index is 11.0. The molecule has 308 valence electrons. The van der Waals surface area contributed by atoms with Gasteiger partial charge in [-0.05, 0) is 48.0 Å². The number of methoxy groups -OCH3 is 3. The van der Waals surface area contributed by atoms with Crippen molar-refractivity contribution in [2.75, 3.05) is 63.2 Å².